The SMILES string of the molecule is NCc1cnc(N2CCC(C(F)(F)F)CC2)nc1. The van der Waals surface area contributed by atoms with E-state index in [4.69, 9.17) is 5.73 Å². The van der Waals surface area contributed by atoms with Crippen molar-refractivity contribution in [3.05, 3.63) is 18.0 Å². The van der Waals surface area contributed by atoms with Crippen molar-refractivity contribution in [3.63, 3.8) is 0 Å². The van der Waals surface area contributed by atoms with Crippen LogP contribution in [0.3, 0.4) is 0 Å². The fourth-order valence-corrected chi connectivity index (χ4v) is 2.02. The van der Waals surface area contributed by atoms with Gasteiger partial charge in [0, 0.05) is 37.6 Å². The molecule has 0 radical (unpaired) electrons. The second-order valence-electron chi connectivity index (χ2n) is 4.40. The Balaban J connectivity index is 1.96. The van der Waals surface area contributed by atoms with Gasteiger partial charge in [-0.15, -0.1) is 0 Å². The van der Waals surface area contributed by atoms with Crippen LogP contribution in [-0.2, 0) is 6.54 Å². The predicted molar refractivity (Wildman–Crippen MR) is 60.9 cm³/mol. The fourth-order valence-electron chi connectivity index (χ4n) is 2.02. The molecule has 7 heteroatoms. The Morgan fingerprint density at radius 2 is 1.78 bits per heavy atom. The van der Waals surface area contributed by atoms with E-state index in [2.05, 4.69) is 9.97 Å². The molecule has 1 aromatic rings. The van der Waals surface area contributed by atoms with E-state index in [1.807, 2.05) is 0 Å². The topological polar surface area (TPSA) is 55.0 Å². The number of halogens is 3. The van der Waals surface area contributed by atoms with Crippen LogP contribution in [0.1, 0.15) is 18.4 Å². The molecule has 0 amide bonds. The lowest BCUT2D eigenvalue weighted by Crippen LogP contribution is -2.39. The van der Waals surface area contributed by atoms with E-state index in [-0.39, 0.29) is 12.8 Å². The Hall–Kier alpha value is -1.37. The summed E-state index contributed by atoms with van der Waals surface area (Å²) < 4.78 is 37.5. The maximum Gasteiger partial charge on any atom is 0.391 e. The maximum absolute atomic E-state index is 12.5. The molecule has 1 aromatic heterocycles. The van der Waals surface area contributed by atoms with Crippen molar-refractivity contribution in [1.82, 2.24) is 9.97 Å². The molecule has 0 atom stereocenters. The molecule has 100 valence electrons. The van der Waals surface area contributed by atoms with E-state index in [1.54, 1.807) is 17.3 Å². The summed E-state index contributed by atoms with van der Waals surface area (Å²) >= 11 is 0. The number of aromatic nitrogens is 2. The number of piperidine rings is 1. The molecule has 4 nitrogen and oxygen atoms in total. The van der Waals surface area contributed by atoms with E-state index in [0.29, 0.717) is 25.6 Å². The largest absolute Gasteiger partial charge is 0.391 e. The van der Waals surface area contributed by atoms with Gasteiger partial charge in [0.2, 0.25) is 5.95 Å². The molecular formula is C11H15F3N4. The quantitative estimate of drug-likeness (QED) is 0.879. The van der Waals surface area contributed by atoms with Gasteiger partial charge in [-0.25, -0.2) is 9.97 Å². The number of hydrogen-bond acceptors (Lipinski definition) is 4. The standard InChI is InChI=1S/C11H15F3N4/c12-11(13,14)9-1-3-18(4-2-9)10-16-6-8(5-15)7-17-10/h6-7,9H,1-5,15H2. The summed E-state index contributed by atoms with van der Waals surface area (Å²) in [6.45, 7) is 1.04. The smallest absolute Gasteiger partial charge is 0.341 e. The summed E-state index contributed by atoms with van der Waals surface area (Å²) in [6.07, 6.45) is -0.663. The molecule has 1 fully saturated rings. The average Bonchev–Trinajstić information content (AvgIpc) is 2.38. The van der Waals surface area contributed by atoms with E-state index in [1.165, 1.54) is 0 Å². The van der Waals surface area contributed by atoms with Crippen LogP contribution in [0.2, 0.25) is 0 Å². The third-order valence-corrected chi connectivity index (χ3v) is 3.17. The van der Waals surface area contributed by atoms with Crippen molar-refractivity contribution < 1.29 is 13.2 Å². The molecule has 2 heterocycles. The van der Waals surface area contributed by atoms with Crippen molar-refractivity contribution in [3.8, 4) is 0 Å². The third kappa shape index (κ3) is 2.90. The minimum absolute atomic E-state index is 0.103. The van der Waals surface area contributed by atoms with E-state index >= 15 is 0 Å². The summed E-state index contributed by atoms with van der Waals surface area (Å²) in [5, 5.41) is 0. The highest BCUT2D eigenvalue weighted by Gasteiger charge is 2.41. The number of nitrogens with two attached hydrogens (primary N) is 1. The van der Waals surface area contributed by atoms with Gasteiger partial charge in [0.05, 0.1) is 5.92 Å². The van der Waals surface area contributed by atoms with E-state index in [9.17, 15) is 13.2 Å². The molecule has 1 aliphatic rings. The van der Waals surface area contributed by atoms with Gasteiger partial charge in [-0.05, 0) is 12.8 Å². The summed E-state index contributed by atoms with van der Waals surface area (Å²) in [6, 6.07) is 0. The molecule has 0 spiro atoms. The molecule has 2 N–H and O–H groups in total. The lowest BCUT2D eigenvalue weighted by Gasteiger charge is -2.32. The minimum Gasteiger partial charge on any atom is -0.341 e. The molecular weight excluding hydrogens is 245 g/mol. The lowest BCUT2D eigenvalue weighted by atomic mass is 9.96. The van der Waals surface area contributed by atoms with Gasteiger partial charge in [-0.3, -0.25) is 0 Å². The highest BCUT2D eigenvalue weighted by Crippen LogP contribution is 2.34. The Labute approximate surface area is 103 Å². The van der Waals surface area contributed by atoms with Gasteiger partial charge in [-0.1, -0.05) is 0 Å². The first kappa shape index (κ1) is 13.1. The molecule has 18 heavy (non-hydrogen) atoms. The number of hydrogen-bond donors (Lipinski definition) is 1. The van der Waals surface area contributed by atoms with Crippen molar-refractivity contribution >= 4 is 5.95 Å². The molecule has 0 aromatic carbocycles. The van der Waals surface area contributed by atoms with Crippen LogP contribution < -0.4 is 10.6 Å². The number of nitrogens with zero attached hydrogens (tertiary/aromatic N) is 3. The summed E-state index contributed by atoms with van der Waals surface area (Å²) in [4.78, 5) is 10.0. The third-order valence-electron chi connectivity index (χ3n) is 3.17. The Morgan fingerprint density at radius 3 is 2.22 bits per heavy atom. The minimum atomic E-state index is -4.09. The van der Waals surface area contributed by atoms with Crippen LogP contribution in [0.15, 0.2) is 12.4 Å². The average molecular weight is 260 g/mol. The number of rotatable bonds is 2. The van der Waals surface area contributed by atoms with Crippen LogP contribution in [0.5, 0.6) is 0 Å². The van der Waals surface area contributed by atoms with Gasteiger partial charge >= 0.3 is 6.18 Å². The van der Waals surface area contributed by atoms with Crippen LogP contribution in [0.4, 0.5) is 19.1 Å². The molecule has 0 aliphatic carbocycles. The van der Waals surface area contributed by atoms with Crippen molar-refractivity contribution in [2.75, 3.05) is 18.0 Å². The van der Waals surface area contributed by atoms with Crippen molar-refractivity contribution in [2.45, 2.75) is 25.6 Å². The first-order chi connectivity index (χ1) is 8.50. The Morgan fingerprint density at radius 1 is 1.22 bits per heavy atom. The van der Waals surface area contributed by atoms with Crippen LogP contribution in [-0.4, -0.2) is 29.2 Å². The zero-order valence-electron chi connectivity index (χ0n) is 9.82. The first-order valence-corrected chi connectivity index (χ1v) is 5.83. The first-order valence-electron chi connectivity index (χ1n) is 5.83. The second kappa shape index (κ2) is 5.09. The highest BCUT2D eigenvalue weighted by atomic mass is 19.4. The Kier molecular flexibility index (Phi) is 3.70. The monoisotopic (exact) mass is 260 g/mol. The Bertz CT molecular complexity index is 382. The van der Waals surface area contributed by atoms with Crippen LogP contribution >= 0.6 is 0 Å². The maximum atomic E-state index is 12.5. The van der Waals surface area contributed by atoms with Gasteiger partial charge in [0.1, 0.15) is 0 Å². The van der Waals surface area contributed by atoms with Gasteiger partial charge in [0.15, 0.2) is 0 Å². The predicted octanol–water partition coefficient (Wildman–Crippen LogP) is 1.71. The summed E-state index contributed by atoms with van der Waals surface area (Å²) in [5.74, 6) is -0.718. The normalized spacial score (nSPS) is 18.1. The molecule has 0 unspecified atom stereocenters. The highest BCUT2D eigenvalue weighted by molar-refractivity contribution is 5.30. The van der Waals surface area contributed by atoms with E-state index in [0.717, 1.165) is 5.56 Å². The van der Waals surface area contributed by atoms with Crippen molar-refractivity contribution in [1.29, 1.82) is 0 Å². The molecule has 0 saturated carbocycles. The number of anilines is 1. The summed E-state index contributed by atoms with van der Waals surface area (Å²) in [5.41, 5.74) is 6.23. The zero-order chi connectivity index (χ0) is 13.2. The second-order valence-corrected chi connectivity index (χ2v) is 4.40. The lowest BCUT2D eigenvalue weighted by molar-refractivity contribution is -0.179. The molecule has 1 aliphatic heterocycles. The van der Waals surface area contributed by atoms with Crippen LogP contribution in [0.25, 0.3) is 0 Å². The molecule has 1 saturated heterocycles. The van der Waals surface area contributed by atoms with Crippen LogP contribution in [0, 0.1) is 5.92 Å². The summed E-state index contributed by atoms with van der Waals surface area (Å²) in [7, 11) is 0. The van der Waals surface area contributed by atoms with Crippen molar-refractivity contribution in [2.24, 2.45) is 11.7 Å². The molecule has 0 bridgehead atoms. The molecule has 2 rings (SSSR count). The van der Waals surface area contributed by atoms with Gasteiger partial charge in [0.25, 0.3) is 0 Å². The van der Waals surface area contributed by atoms with Gasteiger partial charge in [-0.2, -0.15) is 13.2 Å². The fraction of sp³-hybridized carbons (Fsp3) is 0.636. The number of alkyl halides is 3. The van der Waals surface area contributed by atoms with E-state index < -0.39 is 12.1 Å². The zero-order valence-corrected chi connectivity index (χ0v) is 9.82. The van der Waals surface area contributed by atoms with Gasteiger partial charge < -0.3 is 10.6 Å².